The highest BCUT2D eigenvalue weighted by molar-refractivity contribution is 5.85. The Morgan fingerprint density at radius 1 is 0.571 bits per heavy atom. The molecule has 7 atom stereocenters. The van der Waals surface area contributed by atoms with Crippen molar-refractivity contribution in [1.29, 1.82) is 0 Å². The first-order chi connectivity index (χ1) is 6.04. The predicted octanol–water partition coefficient (Wildman–Crippen LogP) is -3.43. The molecule has 6 N–H and O–H groups in total. The summed E-state index contributed by atoms with van der Waals surface area (Å²) < 4.78 is 0. The van der Waals surface area contributed by atoms with E-state index in [2.05, 4.69) is 5.32 Å². The number of aliphatic hydroxyl groups is 5. The summed E-state index contributed by atoms with van der Waals surface area (Å²) in [4.78, 5) is 0. The van der Waals surface area contributed by atoms with Crippen molar-refractivity contribution in [2.45, 2.75) is 42.6 Å². The number of hydrogen-bond acceptors (Lipinski definition) is 6. The lowest BCUT2D eigenvalue weighted by atomic mass is 9.96. The van der Waals surface area contributed by atoms with Crippen molar-refractivity contribution in [2.75, 3.05) is 0 Å². The molecule has 2 heterocycles. The largest absolute Gasteiger partial charge is 0.389 e. The molecular formula is C7H14ClNO5. The first-order valence-electron chi connectivity index (χ1n) is 4.20. The molecule has 6 nitrogen and oxygen atoms in total. The number of halogens is 1. The minimum absolute atomic E-state index is 0. The fourth-order valence-electron chi connectivity index (χ4n) is 2.07. The van der Waals surface area contributed by atoms with Gasteiger partial charge < -0.3 is 30.8 Å². The third-order valence-corrected chi connectivity index (χ3v) is 2.91. The first kappa shape index (κ1) is 12.1. The van der Waals surface area contributed by atoms with Crippen LogP contribution in [-0.4, -0.2) is 68.1 Å². The zero-order chi connectivity index (χ0) is 9.75. The Bertz CT molecular complexity index is 198. The molecule has 0 aromatic rings. The maximum Gasteiger partial charge on any atom is 0.109 e. The highest BCUT2D eigenvalue weighted by atomic mass is 35.5. The predicted molar refractivity (Wildman–Crippen MR) is 48.0 cm³/mol. The van der Waals surface area contributed by atoms with E-state index in [-0.39, 0.29) is 12.4 Å². The van der Waals surface area contributed by atoms with Crippen LogP contribution in [0.1, 0.15) is 0 Å². The first-order valence-corrected chi connectivity index (χ1v) is 4.20. The van der Waals surface area contributed by atoms with Crippen LogP contribution in [0.5, 0.6) is 0 Å². The Balaban J connectivity index is 0.000000980. The van der Waals surface area contributed by atoms with Gasteiger partial charge in [0.25, 0.3) is 0 Å². The molecule has 2 bridgehead atoms. The molecule has 0 spiro atoms. The third kappa shape index (κ3) is 1.43. The van der Waals surface area contributed by atoms with Crippen molar-refractivity contribution in [3.05, 3.63) is 0 Å². The molecule has 0 amide bonds. The second-order valence-corrected chi connectivity index (χ2v) is 3.67. The summed E-state index contributed by atoms with van der Waals surface area (Å²) in [5.74, 6) is 0. The summed E-state index contributed by atoms with van der Waals surface area (Å²) in [5, 5.41) is 49.5. The maximum absolute atomic E-state index is 9.38. The molecule has 0 aromatic heterocycles. The van der Waals surface area contributed by atoms with Crippen LogP contribution in [0.3, 0.4) is 0 Å². The summed E-state index contributed by atoms with van der Waals surface area (Å²) in [7, 11) is 0. The summed E-state index contributed by atoms with van der Waals surface area (Å²) in [6.45, 7) is 0. The van der Waals surface area contributed by atoms with E-state index in [0.717, 1.165) is 0 Å². The number of piperidine rings is 1. The van der Waals surface area contributed by atoms with Crippen LogP contribution in [0.25, 0.3) is 0 Å². The van der Waals surface area contributed by atoms with Crippen molar-refractivity contribution in [3.8, 4) is 0 Å². The van der Waals surface area contributed by atoms with Gasteiger partial charge in [-0.3, -0.25) is 0 Å². The molecular weight excluding hydrogens is 214 g/mol. The van der Waals surface area contributed by atoms with Crippen LogP contribution in [-0.2, 0) is 0 Å². The van der Waals surface area contributed by atoms with Gasteiger partial charge in [-0.1, -0.05) is 0 Å². The molecule has 2 rings (SSSR count). The molecule has 7 heteroatoms. The van der Waals surface area contributed by atoms with E-state index in [1.54, 1.807) is 0 Å². The van der Waals surface area contributed by atoms with E-state index in [0.29, 0.717) is 0 Å². The third-order valence-electron chi connectivity index (χ3n) is 2.91. The van der Waals surface area contributed by atoms with Gasteiger partial charge in [0.2, 0.25) is 0 Å². The van der Waals surface area contributed by atoms with Crippen molar-refractivity contribution in [2.24, 2.45) is 0 Å². The van der Waals surface area contributed by atoms with Crippen LogP contribution in [0.4, 0.5) is 0 Å². The average Bonchev–Trinajstić information content (AvgIpc) is 2.38. The lowest BCUT2D eigenvalue weighted by molar-refractivity contribution is -0.105. The van der Waals surface area contributed by atoms with Gasteiger partial charge in [0.15, 0.2) is 0 Å². The minimum Gasteiger partial charge on any atom is -0.389 e. The number of nitrogens with one attached hydrogen (secondary N) is 1. The summed E-state index contributed by atoms with van der Waals surface area (Å²) in [6.07, 6.45) is -6.11. The number of hydrogen-bond donors (Lipinski definition) is 6. The van der Waals surface area contributed by atoms with Crippen molar-refractivity contribution in [3.63, 3.8) is 0 Å². The van der Waals surface area contributed by atoms with Gasteiger partial charge in [-0.25, -0.2) is 0 Å². The van der Waals surface area contributed by atoms with Crippen molar-refractivity contribution in [1.82, 2.24) is 5.32 Å². The fraction of sp³-hybridized carbons (Fsp3) is 1.00. The van der Waals surface area contributed by atoms with Crippen LogP contribution >= 0.6 is 12.4 Å². The molecule has 2 saturated heterocycles. The number of aliphatic hydroxyl groups excluding tert-OH is 5. The Morgan fingerprint density at radius 2 is 0.857 bits per heavy atom. The molecule has 2 fully saturated rings. The summed E-state index contributed by atoms with van der Waals surface area (Å²) in [5.41, 5.74) is 0. The zero-order valence-electron chi connectivity index (χ0n) is 7.19. The minimum atomic E-state index is -1.32. The molecule has 1 unspecified atom stereocenters. The van der Waals surface area contributed by atoms with Crippen LogP contribution in [0, 0.1) is 0 Å². The van der Waals surface area contributed by atoms with E-state index in [1.807, 2.05) is 0 Å². The normalized spacial score (nSPS) is 56.8. The molecule has 14 heavy (non-hydrogen) atoms. The fourth-order valence-corrected chi connectivity index (χ4v) is 2.07. The second-order valence-electron chi connectivity index (χ2n) is 3.67. The smallest absolute Gasteiger partial charge is 0.109 e. The summed E-state index contributed by atoms with van der Waals surface area (Å²) >= 11 is 0. The highest BCUT2D eigenvalue weighted by Crippen LogP contribution is 2.28. The van der Waals surface area contributed by atoms with Crippen LogP contribution in [0.15, 0.2) is 0 Å². The Morgan fingerprint density at radius 3 is 1.21 bits per heavy atom. The Labute approximate surface area is 86.6 Å². The van der Waals surface area contributed by atoms with E-state index >= 15 is 0 Å². The van der Waals surface area contributed by atoms with E-state index in [9.17, 15) is 25.5 Å². The summed E-state index contributed by atoms with van der Waals surface area (Å²) in [6, 6.07) is -1.53. The van der Waals surface area contributed by atoms with Gasteiger partial charge >= 0.3 is 0 Å². The quantitative estimate of drug-likeness (QED) is 0.257. The van der Waals surface area contributed by atoms with Gasteiger partial charge in [-0.05, 0) is 0 Å². The van der Waals surface area contributed by atoms with Gasteiger partial charge in [0, 0.05) is 0 Å². The zero-order valence-corrected chi connectivity index (χ0v) is 8.00. The van der Waals surface area contributed by atoms with Gasteiger partial charge in [0.05, 0.1) is 24.3 Å². The topological polar surface area (TPSA) is 113 Å². The molecule has 84 valence electrons. The standard InChI is InChI=1S/C7H13NO5.ClH/c9-3-1-5(11)7(13)6(12)2(8-1)4(3)10;/h1-13H;1H/t1-,2+,3+,4-,5-,6-,7?;/m1./s1. The Hall–Kier alpha value is 0.0500. The number of fused-ring (bicyclic) bond motifs is 2. The van der Waals surface area contributed by atoms with E-state index in [1.165, 1.54) is 0 Å². The van der Waals surface area contributed by atoms with Crippen molar-refractivity contribution < 1.29 is 25.5 Å². The van der Waals surface area contributed by atoms with Gasteiger partial charge in [-0.2, -0.15) is 0 Å². The van der Waals surface area contributed by atoms with E-state index in [4.69, 9.17) is 0 Å². The average molecular weight is 228 g/mol. The van der Waals surface area contributed by atoms with Gasteiger partial charge in [-0.15, -0.1) is 12.4 Å². The molecule has 0 saturated carbocycles. The molecule has 2 aliphatic rings. The number of rotatable bonds is 0. The van der Waals surface area contributed by atoms with Gasteiger partial charge in [0.1, 0.15) is 18.3 Å². The molecule has 0 aliphatic carbocycles. The molecule has 0 aromatic carbocycles. The Kier molecular flexibility index (Phi) is 3.37. The molecule has 2 aliphatic heterocycles. The van der Waals surface area contributed by atoms with Crippen LogP contribution in [0.2, 0.25) is 0 Å². The maximum atomic E-state index is 9.38. The second kappa shape index (κ2) is 3.90. The lowest BCUT2D eigenvalue weighted by Gasteiger charge is -2.35. The monoisotopic (exact) mass is 227 g/mol. The molecule has 0 radical (unpaired) electrons. The highest BCUT2D eigenvalue weighted by Gasteiger charge is 2.55. The van der Waals surface area contributed by atoms with Crippen LogP contribution < -0.4 is 5.32 Å². The SMILES string of the molecule is Cl.OC1[C@H](O)[C@@H]2N[C@@H]([C@@H](O)[C@H]2O)[C@H]1O. The van der Waals surface area contributed by atoms with E-state index < -0.39 is 42.6 Å². The lowest BCUT2D eigenvalue weighted by Crippen LogP contribution is -2.62. The van der Waals surface area contributed by atoms with Crippen molar-refractivity contribution >= 4 is 12.4 Å².